The second-order valence-corrected chi connectivity index (χ2v) is 6.62. The molecule has 114 valence electrons. The Morgan fingerprint density at radius 2 is 2.10 bits per heavy atom. The van der Waals surface area contributed by atoms with Crippen LogP contribution in [0.4, 0.5) is 0 Å². The first-order valence-electron chi connectivity index (χ1n) is 6.39. The Morgan fingerprint density at radius 1 is 1.40 bits per heavy atom. The van der Waals surface area contributed by atoms with Crippen LogP contribution in [0, 0.1) is 0 Å². The van der Waals surface area contributed by atoms with Crippen molar-refractivity contribution in [2.75, 3.05) is 33.9 Å². The number of halogens is 1. The van der Waals surface area contributed by atoms with Gasteiger partial charge in [0.15, 0.2) is 0 Å². The molecule has 0 atom stereocenters. The van der Waals surface area contributed by atoms with Gasteiger partial charge in [-0.15, -0.1) is 0 Å². The van der Waals surface area contributed by atoms with Crippen molar-refractivity contribution in [3.8, 4) is 0 Å². The fourth-order valence-corrected chi connectivity index (χ4v) is 3.50. The Labute approximate surface area is 125 Å². The lowest BCUT2D eigenvalue weighted by atomic mass is 10.2. The number of ether oxygens (including phenoxy) is 1. The summed E-state index contributed by atoms with van der Waals surface area (Å²) in [6.45, 7) is 3.42. The quantitative estimate of drug-likeness (QED) is 0.792. The van der Waals surface area contributed by atoms with Crippen LogP contribution in [-0.4, -0.2) is 46.6 Å². The van der Waals surface area contributed by atoms with Gasteiger partial charge in [0, 0.05) is 31.8 Å². The zero-order valence-corrected chi connectivity index (χ0v) is 13.6. The highest BCUT2D eigenvalue weighted by Crippen LogP contribution is 2.22. The topological polar surface area (TPSA) is 58.6 Å². The number of sulfonamides is 1. The molecule has 0 aliphatic rings. The minimum atomic E-state index is -3.51. The van der Waals surface area contributed by atoms with E-state index in [1.54, 1.807) is 33.2 Å². The summed E-state index contributed by atoms with van der Waals surface area (Å²) in [5.74, 6) is 0. The van der Waals surface area contributed by atoms with E-state index in [9.17, 15) is 8.42 Å². The molecule has 0 aliphatic heterocycles. The Bertz CT molecular complexity index is 534. The third-order valence-electron chi connectivity index (χ3n) is 2.92. The van der Waals surface area contributed by atoms with E-state index in [0.717, 1.165) is 5.56 Å². The number of nitrogens with one attached hydrogen (secondary N) is 1. The number of methoxy groups -OCH3 is 1. The van der Waals surface area contributed by atoms with Crippen molar-refractivity contribution in [2.24, 2.45) is 0 Å². The smallest absolute Gasteiger partial charge is 0.243 e. The Balaban J connectivity index is 3.10. The summed E-state index contributed by atoms with van der Waals surface area (Å²) >= 11 is 6.05. The van der Waals surface area contributed by atoms with Gasteiger partial charge in [-0.2, -0.15) is 4.31 Å². The molecule has 0 amide bonds. The molecule has 0 bridgehead atoms. The van der Waals surface area contributed by atoms with Crippen LogP contribution in [0.5, 0.6) is 0 Å². The van der Waals surface area contributed by atoms with Gasteiger partial charge in [0.05, 0.1) is 11.5 Å². The lowest BCUT2D eigenvalue weighted by Crippen LogP contribution is -2.33. The van der Waals surface area contributed by atoms with Gasteiger partial charge < -0.3 is 10.1 Å². The summed E-state index contributed by atoms with van der Waals surface area (Å²) in [6.07, 6.45) is 0. The lowest BCUT2D eigenvalue weighted by Gasteiger charge is -2.20. The monoisotopic (exact) mass is 320 g/mol. The molecular weight excluding hydrogens is 300 g/mol. The standard InChI is InChI=1S/C13H21ClN2O3S/c1-4-16(7-8-19-3)20(17,18)12-5-6-13(14)11(9-12)10-15-2/h5-6,9,15H,4,7-8,10H2,1-3H3. The second kappa shape index (κ2) is 7.95. The van der Waals surface area contributed by atoms with Gasteiger partial charge in [-0.05, 0) is 30.8 Å². The fourth-order valence-electron chi connectivity index (χ4n) is 1.83. The third-order valence-corrected chi connectivity index (χ3v) is 5.26. The van der Waals surface area contributed by atoms with Gasteiger partial charge in [-0.1, -0.05) is 18.5 Å². The largest absolute Gasteiger partial charge is 0.383 e. The number of nitrogens with zero attached hydrogens (tertiary/aromatic N) is 1. The van der Waals surface area contributed by atoms with E-state index >= 15 is 0 Å². The summed E-state index contributed by atoms with van der Waals surface area (Å²) in [7, 11) is -0.179. The van der Waals surface area contributed by atoms with E-state index in [0.29, 0.717) is 31.3 Å². The molecule has 1 rings (SSSR count). The van der Waals surface area contributed by atoms with Gasteiger partial charge >= 0.3 is 0 Å². The minimum absolute atomic E-state index is 0.255. The SMILES string of the molecule is CCN(CCOC)S(=O)(=O)c1ccc(Cl)c(CNC)c1. The fraction of sp³-hybridized carbons (Fsp3) is 0.538. The summed E-state index contributed by atoms with van der Waals surface area (Å²) in [4.78, 5) is 0.255. The Morgan fingerprint density at radius 3 is 2.65 bits per heavy atom. The molecule has 0 saturated heterocycles. The highest BCUT2D eigenvalue weighted by Gasteiger charge is 2.23. The molecule has 0 fully saturated rings. The molecule has 7 heteroatoms. The number of hydrogen-bond donors (Lipinski definition) is 1. The molecular formula is C13H21ClN2O3S. The molecule has 0 aliphatic carbocycles. The van der Waals surface area contributed by atoms with Gasteiger partial charge in [0.1, 0.15) is 0 Å². The average molecular weight is 321 g/mol. The van der Waals surface area contributed by atoms with Crippen LogP contribution in [0.2, 0.25) is 5.02 Å². The summed E-state index contributed by atoms with van der Waals surface area (Å²) in [5.41, 5.74) is 0.762. The number of rotatable bonds is 8. The van der Waals surface area contributed by atoms with Crippen LogP contribution in [-0.2, 0) is 21.3 Å². The van der Waals surface area contributed by atoms with Crippen LogP contribution >= 0.6 is 11.6 Å². The predicted octanol–water partition coefficient (Wildman–Crippen LogP) is 1.72. The number of likely N-dealkylation sites (N-methyl/N-ethyl adjacent to an activating group) is 1. The van der Waals surface area contributed by atoms with Crippen LogP contribution in [0.15, 0.2) is 23.1 Å². The van der Waals surface area contributed by atoms with Crippen molar-refractivity contribution >= 4 is 21.6 Å². The highest BCUT2D eigenvalue weighted by atomic mass is 35.5. The van der Waals surface area contributed by atoms with Gasteiger partial charge in [0.25, 0.3) is 0 Å². The molecule has 0 spiro atoms. The zero-order valence-electron chi connectivity index (χ0n) is 12.0. The van der Waals surface area contributed by atoms with Crippen molar-refractivity contribution in [2.45, 2.75) is 18.4 Å². The molecule has 1 aromatic carbocycles. The number of hydrogen-bond acceptors (Lipinski definition) is 4. The van der Waals surface area contributed by atoms with Crippen molar-refractivity contribution in [3.63, 3.8) is 0 Å². The Hall–Kier alpha value is -0.660. The molecule has 1 N–H and O–H groups in total. The van der Waals surface area contributed by atoms with Crippen molar-refractivity contribution in [1.29, 1.82) is 0 Å². The highest BCUT2D eigenvalue weighted by molar-refractivity contribution is 7.89. The first kappa shape index (κ1) is 17.4. The van der Waals surface area contributed by atoms with E-state index in [1.807, 2.05) is 0 Å². The maximum atomic E-state index is 12.5. The average Bonchev–Trinajstić information content (AvgIpc) is 2.42. The van der Waals surface area contributed by atoms with Crippen LogP contribution in [0.1, 0.15) is 12.5 Å². The van der Waals surface area contributed by atoms with E-state index in [1.165, 1.54) is 10.4 Å². The normalized spacial score (nSPS) is 12.1. The summed E-state index contributed by atoms with van der Waals surface area (Å²) in [6, 6.07) is 4.77. The minimum Gasteiger partial charge on any atom is -0.383 e. The number of benzene rings is 1. The van der Waals surface area contributed by atoms with Crippen LogP contribution < -0.4 is 5.32 Å². The molecule has 1 aromatic rings. The molecule has 0 saturated carbocycles. The molecule has 0 unspecified atom stereocenters. The third kappa shape index (κ3) is 4.17. The predicted molar refractivity (Wildman–Crippen MR) is 80.5 cm³/mol. The lowest BCUT2D eigenvalue weighted by molar-refractivity contribution is 0.180. The molecule has 20 heavy (non-hydrogen) atoms. The molecule has 0 aromatic heterocycles. The summed E-state index contributed by atoms with van der Waals surface area (Å²) < 4.78 is 31.4. The van der Waals surface area contributed by atoms with Crippen molar-refractivity contribution in [3.05, 3.63) is 28.8 Å². The maximum Gasteiger partial charge on any atom is 0.243 e. The van der Waals surface area contributed by atoms with E-state index in [-0.39, 0.29) is 4.90 Å². The van der Waals surface area contributed by atoms with Crippen molar-refractivity contribution < 1.29 is 13.2 Å². The van der Waals surface area contributed by atoms with Crippen LogP contribution in [0.3, 0.4) is 0 Å². The molecule has 5 nitrogen and oxygen atoms in total. The van der Waals surface area contributed by atoms with E-state index < -0.39 is 10.0 Å². The molecule has 0 radical (unpaired) electrons. The van der Waals surface area contributed by atoms with Gasteiger partial charge in [0.2, 0.25) is 10.0 Å². The van der Waals surface area contributed by atoms with Gasteiger partial charge in [-0.25, -0.2) is 8.42 Å². The van der Waals surface area contributed by atoms with E-state index in [4.69, 9.17) is 16.3 Å². The van der Waals surface area contributed by atoms with E-state index in [2.05, 4.69) is 5.32 Å². The molecule has 0 heterocycles. The second-order valence-electron chi connectivity index (χ2n) is 4.27. The first-order valence-corrected chi connectivity index (χ1v) is 8.21. The van der Waals surface area contributed by atoms with Crippen LogP contribution in [0.25, 0.3) is 0 Å². The van der Waals surface area contributed by atoms with Crippen molar-refractivity contribution in [1.82, 2.24) is 9.62 Å². The first-order chi connectivity index (χ1) is 9.47. The van der Waals surface area contributed by atoms with Gasteiger partial charge in [-0.3, -0.25) is 0 Å². The maximum absolute atomic E-state index is 12.5. The summed E-state index contributed by atoms with van der Waals surface area (Å²) in [5, 5.41) is 3.52. The Kier molecular flexibility index (Phi) is 6.91. The zero-order chi connectivity index (χ0) is 15.2.